The van der Waals surface area contributed by atoms with Crippen LogP contribution in [0.5, 0.6) is 0 Å². The predicted octanol–water partition coefficient (Wildman–Crippen LogP) is 1.82. The summed E-state index contributed by atoms with van der Waals surface area (Å²) >= 11 is 0. The quantitative estimate of drug-likeness (QED) is 0.878. The van der Waals surface area contributed by atoms with Crippen LogP contribution in [0, 0.1) is 0 Å². The summed E-state index contributed by atoms with van der Waals surface area (Å²) in [5, 5.41) is 10.6. The minimum Gasteiger partial charge on any atom is -0.368 e. The molecule has 128 valence electrons. The van der Waals surface area contributed by atoms with Gasteiger partial charge in [-0.05, 0) is 56.6 Å². The maximum atomic E-state index is 12.8. The zero-order valence-corrected chi connectivity index (χ0v) is 14.2. The summed E-state index contributed by atoms with van der Waals surface area (Å²) in [6.07, 6.45) is 5.03. The van der Waals surface area contributed by atoms with Gasteiger partial charge in [0.15, 0.2) is 0 Å². The van der Waals surface area contributed by atoms with Crippen LogP contribution in [0.15, 0.2) is 42.7 Å². The fourth-order valence-electron chi connectivity index (χ4n) is 3.12. The molecule has 0 aliphatic carbocycles. The zero-order chi connectivity index (χ0) is 17.0. The van der Waals surface area contributed by atoms with Crippen LogP contribution in [0.25, 0.3) is 5.69 Å². The van der Waals surface area contributed by atoms with Crippen LogP contribution in [0.2, 0.25) is 0 Å². The Labute approximate surface area is 142 Å². The Balaban J connectivity index is 1.73. The summed E-state index contributed by atoms with van der Waals surface area (Å²) in [6.45, 7) is 3.58. The van der Waals surface area contributed by atoms with E-state index in [1.165, 1.54) is 0 Å². The van der Waals surface area contributed by atoms with E-state index in [0.717, 1.165) is 24.3 Å². The van der Waals surface area contributed by atoms with Gasteiger partial charge in [0, 0.05) is 19.5 Å². The lowest BCUT2D eigenvalue weighted by molar-refractivity contribution is -0.147. The zero-order valence-electron chi connectivity index (χ0n) is 14.2. The minimum absolute atomic E-state index is 0.0384. The average Bonchev–Trinajstić information content (AvgIpc) is 3.17. The SMILES string of the molecule is COC1(C(=O)NC(C)c2cccc(-n3cccn3)c2)CCNCC1. The molecule has 3 rings (SSSR count). The first-order chi connectivity index (χ1) is 11.6. The fraction of sp³-hybridized carbons (Fsp3) is 0.444. The molecular weight excluding hydrogens is 304 g/mol. The Bertz CT molecular complexity index is 678. The van der Waals surface area contributed by atoms with Gasteiger partial charge in [0.05, 0.1) is 11.7 Å². The molecule has 1 amide bonds. The molecule has 1 aliphatic rings. The summed E-state index contributed by atoms with van der Waals surface area (Å²) < 4.78 is 7.40. The molecule has 1 aromatic carbocycles. The molecule has 0 bridgehead atoms. The number of amides is 1. The molecule has 1 unspecified atom stereocenters. The number of nitrogens with zero attached hydrogens (tertiary/aromatic N) is 2. The standard InChI is InChI=1S/C18H24N4O2/c1-14(21-17(23)18(24-2)7-10-19-11-8-18)15-5-3-6-16(13-15)22-12-4-9-20-22/h3-6,9,12-14,19H,7-8,10-11H2,1-2H3,(H,21,23). The van der Waals surface area contributed by atoms with Crippen molar-refractivity contribution in [2.45, 2.75) is 31.4 Å². The number of carbonyl (C=O) groups excluding carboxylic acids is 1. The third-order valence-electron chi connectivity index (χ3n) is 4.70. The highest BCUT2D eigenvalue weighted by molar-refractivity contribution is 5.85. The molecule has 1 saturated heterocycles. The molecule has 0 spiro atoms. The number of methoxy groups -OCH3 is 1. The number of carbonyl (C=O) groups is 1. The van der Waals surface area contributed by atoms with Gasteiger partial charge in [0.2, 0.25) is 0 Å². The van der Waals surface area contributed by atoms with E-state index in [2.05, 4.69) is 15.7 Å². The Morgan fingerprint density at radius 1 is 1.38 bits per heavy atom. The molecule has 6 heteroatoms. The maximum Gasteiger partial charge on any atom is 0.252 e. The maximum absolute atomic E-state index is 12.8. The van der Waals surface area contributed by atoms with Crippen LogP contribution in [0.4, 0.5) is 0 Å². The van der Waals surface area contributed by atoms with Gasteiger partial charge in [-0.1, -0.05) is 12.1 Å². The van der Waals surface area contributed by atoms with Gasteiger partial charge in [-0.25, -0.2) is 4.68 Å². The second-order valence-corrected chi connectivity index (χ2v) is 6.19. The van der Waals surface area contributed by atoms with Crippen molar-refractivity contribution in [2.24, 2.45) is 0 Å². The van der Waals surface area contributed by atoms with Crippen LogP contribution in [-0.4, -0.2) is 41.5 Å². The third-order valence-corrected chi connectivity index (χ3v) is 4.70. The lowest BCUT2D eigenvalue weighted by atomic mass is 9.90. The van der Waals surface area contributed by atoms with Gasteiger partial charge in [-0.15, -0.1) is 0 Å². The van der Waals surface area contributed by atoms with E-state index in [-0.39, 0.29) is 11.9 Å². The Morgan fingerprint density at radius 3 is 2.83 bits per heavy atom. The number of hydrogen-bond donors (Lipinski definition) is 2. The molecule has 24 heavy (non-hydrogen) atoms. The number of piperidine rings is 1. The van der Waals surface area contributed by atoms with Gasteiger partial charge in [0.25, 0.3) is 5.91 Å². The largest absolute Gasteiger partial charge is 0.368 e. The lowest BCUT2D eigenvalue weighted by Crippen LogP contribution is -2.54. The number of rotatable bonds is 5. The second-order valence-electron chi connectivity index (χ2n) is 6.19. The number of benzene rings is 1. The van der Waals surface area contributed by atoms with Gasteiger partial charge in [-0.3, -0.25) is 4.79 Å². The van der Waals surface area contributed by atoms with Crippen molar-refractivity contribution >= 4 is 5.91 Å². The molecule has 1 atom stereocenters. The Kier molecular flexibility index (Phi) is 4.97. The Morgan fingerprint density at radius 2 is 2.17 bits per heavy atom. The van der Waals surface area contributed by atoms with Crippen LogP contribution >= 0.6 is 0 Å². The van der Waals surface area contributed by atoms with Crippen molar-refractivity contribution in [3.05, 3.63) is 48.3 Å². The molecule has 6 nitrogen and oxygen atoms in total. The molecule has 2 heterocycles. The predicted molar refractivity (Wildman–Crippen MR) is 92.0 cm³/mol. The van der Waals surface area contributed by atoms with Crippen molar-refractivity contribution in [1.29, 1.82) is 0 Å². The summed E-state index contributed by atoms with van der Waals surface area (Å²) in [5.74, 6) is -0.0384. The summed E-state index contributed by atoms with van der Waals surface area (Å²) in [5.41, 5.74) is 1.29. The minimum atomic E-state index is -0.723. The third kappa shape index (κ3) is 3.34. The molecule has 0 saturated carbocycles. The fourth-order valence-corrected chi connectivity index (χ4v) is 3.12. The van der Waals surface area contributed by atoms with Crippen LogP contribution < -0.4 is 10.6 Å². The summed E-state index contributed by atoms with van der Waals surface area (Å²) in [6, 6.07) is 9.81. The molecule has 1 aliphatic heterocycles. The summed E-state index contributed by atoms with van der Waals surface area (Å²) in [4.78, 5) is 12.8. The topological polar surface area (TPSA) is 68.2 Å². The molecule has 1 aromatic heterocycles. The molecule has 1 fully saturated rings. The van der Waals surface area contributed by atoms with Gasteiger partial charge in [0.1, 0.15) is 5.60 Å². The first kappa shape index (κ1) is 16.7. The molecular formula is C18H24N4O2. The number of hydrogen-bond acceptors (Lipinski definition) is 4. The lowest BCUT2D eigenvalue weighted by Gasteiger charge is -2.35. The van der Waals surface area contributed by atoms with E-state index in [1.807, 2.05) is 48.1 Å². The monoisotopic (exact) mass is 328 g/mol. The van der Waals surface area contributed by atoms with Crippen molar-refractivity contribution in [3.8, 4) is 5.69 Å². The van der Waals surface area contributed by atoms with Gasteiger partial charge in [-0.2, -0.15) is 5.10 Å². The van der Waals surface area contributed by atoms with Crippen molar-refractivity contribution in [1.82, 2.24) is 20.4 Å². The van der Waals surface area contributed by atoms with E-state index >= 15 is 0 Å². The second kappa shape index (κ2) is 7.15. The Hall–Kier alpha value is -2.18. The van der Waals surface area contributed by atoms with Crippen LogP contribution in [-0.2, 0) is 9.53 Å². The van der Waals surface area contributed by atoms with Crippen molar-refractivity contribution in [3.63, 3.8) is 0 Å². The smallest absolute Gasteiger partial charge is 0.252 e. The number of nitrogens with one attached hydrogen (secondary N) is 2. The van der Waals surface area contributed by atoms with Crippen LogP contribution in [0.3, 0.4) is 0 Å². The van der Waals surface area contributed by atoms with E-state index in [0.29, 0.717) is 12.8 Å². The first-order valence-electron chi connectivity index (χ1n) is 8.31. The molecule has 2 N–H and O–H groups in total. The summed E-state index contributed by atoms with van der Waals surface area (Å²) in [7, 11) is 1.62. The first-order valence-corrected chi connectivity index (χ1v) is 8.31. The highest BCUT2D eigenvalue weighted by atomic mass is 16.5. The highest BCUT2D eigenvalue weighted by Gasteiger charge is 2.40. The molecule has 0 radical (unpaired) electrons. The van der Waals surface area contributed by atoms with E-state index < -0.39 is 5.60 Å². The highest BCUT2D eigenvalue weighted by Crippen LogP contribution is 2.24. The van der Waals surface area contributed by atoms with Crippen molar-refractivity contribution in [2.75, 3.05) is 20.2 Å². The van der Waals surface area contributed by atoms with E-state index in [4.69, 9.17) is 4.74 Å². The normalized spacial score (nSPS) is 18.1. The number of aromatic nitrogens is 2. The van der Waals surface area contributed by atoms with Gasteiger partial charge < -0.3 is 15.4 Å². The van der Waals surface area contributed by atoms with E-state index in [9.17, 15) is 4.79 Å². The van der Waals surface area contributed by atoms with Crippen molar-refractivity contribution < 1.29 is 9.53 Å². The average molecular weight is 328 g/mol. The van der Waals surface area contributed by atoms with Gasteiger partial charge >= 0.3 is 0 Å². The molecule has 2 aromatic rings. The van der Waals surface area contributed by atoms with E-state index in [1.54, 1.807) is 13.3 Å². The number of ether oxygens (including phenoxy) is 1. The van der Waals surface area contributed by atoms with Crippen LogP contribution in [0.1, 0.15) is 31.4 Å².